The number of carboxylic acid groups (broad SMARTS) is 1. The lowest BCUT2D eigenvalue weighted by atomic mass is 9.93. The van der Waals surface area contributed by atoms with Crippen LogP contribution in [0.25, 0.3) is 0 Å². The second kappa shape index (κ2) is 9.85. The zero-order chi connectivity index (χ0) is 19.0. The van der Waals surface area contributed by atoms with Crippen LogP contribution >= 0.6 is 0 Å². The van der Waals surface area contributed by atoms with Gasteiger partial charge in [0.15, 0.2) is 0 Å². The quantitative estimate of drug-likeness (QED) is 0.380. The number of allylic oxidation sites excluding steroid dienone is 2. The van der Waals surface area contributed by atoms with E-state index < -0.39 is 16.1 Å². The molecule has 6 nitrogen and oxygen atoms in total. The average Bonchev–Trinajstić information content (AvgIpc) is 3.04. The summed E-state index contributed by atoms with van der Waals surface area (Å²) >= 11 is 0. The van der Waals surface area contributed by atoms with Gasteiger partial charge in [-0.05, 0) is 44.2 Å². The van der Waals surface area contributed by atoms with Gasteiger partial charge in [-0.1, -0.05) is 29.8 Å². The molecule has 0 saturated carbocycles. The summed E-state index contributed by atoms with van der Waals surface area (Å²) in [4.78, 5) is 10.6. The molecular weight excluding hydrogens is 356 g/mol. The normalized spacial score (nSPS) is 20.7. The summed E-state index contributed by atoms with van der Waals surface area (Å²) in [5, 5.41) is 8.59. The molecule has 0 amide bonds. The molecule has 0 bridgehead atoms. The standard InChI is InChI=1S/C19H26O6S/c1-15-8-10-18(11-9-15)26(22,23)25-14-17-13-24-12-16(17)6-4-2-3-5-7-19(20)21/h2,4,8-11,16-17H,3,5-7,12-14H2,1H3,(H,20,21)/b4-2-/t16-,17-/m0/s1. The predicted octanol–water partition coefficient (Wildman–Crippen LogP) is 3.16. The smallest absolute Gasteiger partial charge is 0.303 e. The summed E-state index contributed by atoms with van der Waals surface area (Å²) in [7, 11) is -3.76. The molecule has 0 radical (unpaired) electrons. The van der Waals surface area contributed by atoms with Gasteiger partial charge in [-0.3, -0.25) is 8.98 Å². The van der Waals surface area contributed by atoms with E-state index in [4.69, 9.17) is 14.0 Å². The molecule has 1 aromatic carbocycles. The summed E-state index contributed by atoms with van der Waals surface area (Å²) in [6.45, 7) is 3.07. The van der Waals surface area contributed by atoms with Gasteiger partial charge in [0.1, 0.15) is 0 Å². The molecule has 0 aromatic heterocycles. The van der Waals surface area contributed by atoms with E-state index in [-0.39, 0.29) is 29.8 Å². The van der Waals surface area contributed by atoms with E-state index in [1.165, 1.54) is 0 Å². The lowest BCUT2D eigenvalue weighted by molar-refractivity contribution is -0.137. The lowest BCUT2D eigenvalue weighted by Gasteiger charge is -2.16. The van der Waals surface area contributed by atoms with Crippen molar-refractivity contribution >= 4 is 16.1 Å². The second-order valence-corrected chi connectivity index (χ2v) is 8.22. The first-order chi connectivity index (χ1) is 12.4. The molecule has 26 heavy (non-hydrogen) atoms. The molecule has 1 fully saturated rings. The third-order valence-electron chi connectivity index (χ3n) is 4.44. The minimum Gasteiger partial charge on any atom is -0.481 e. The maximum Gasteiger partial charge on any atom is 0.303 e. The van der Waals surface area contributed by atoms with Crippen LogP contribution in [0.4, 0.5) is 0 Å². The highest BCUT2D eigenvalue weighted by atomic mass is 32.2. The third kappa shape index (κ3) is 6.55. The summed E-state index contributed by atoms with van der Waals surface area (Å²) in [5.74, 6) is -0.549. The van der Waals surface area contributed by atoms with Gasteiger partial charge in [-0.2, -0.15) is 8.42 Å². The van der Waals surface area contributed by atoms with Crippen LogP contribution in [0.1, 0.15) is 31.2 Å². The zero-order valence-corrected chi connectivity index (χ0v) is 15.8. The van der Waals surface area contributed by atoms with E-state index in [1.807, 2.05) is 19.1 Å². The molecule has 2 rings (SSSR count). The molecular formula is C19H26O6S. The van der Waals surface area contributed by atoms with E-state index in [0.29, 0.717) is 19.6 Å². The number of aliphatic carboxylic acids is 1. The van der Waals surface area contributed by atoms with Crippen molar-refractivity contribution in [2.45, 2.75) is 37.5 Å². The van der Waals surface area contributed by atoms with Gasteiger partial charge < -0.3 is 9.84 Å². The topological polar surface area (TPSA) is 89.9 Å². The number of rotatable bonds is 10. The van der Waals surface area contributed by atoms with E-state index in [1.54, 1.807) is 24.3 Å². The van der Waals surface area contributed by atoms with Crippen molar-refractivity contribution in [3.8, 4) is 0 Å². The van der Waals surface area contributed by atoms with Gasteiger partial charge in [0, 0.05) is 12.3 Å². The maximum absolute atomic E-state index is 12.3. The number of hydrogen-bond acceptors (Lipinski definition) is 5. The Bertz CT molecular complexity index is 708. The van der Waals surface area contributed by atoms with Gasteiger partial charge >= 0.3 is 5.97 Å². The van der Waals surface area contributed by atoms with Crippen molar-refractivity contribution in [1.29, 1.82) is 0 Å². The Labute approximate surface area is 154 Å². The van der Waals surface area contributed by atoms with Crippen LogP contribution in [0.5, 0.6) is 0 Å². The van der Waals surface area contributed by atoms with Gasteiger partial charge in [0.2, 0.25) is 0 Å². The minimum atomic E-state index is -3.76. The van der Waals surface area contributed by atoms with E-state index >= 15 is 0 Å². The fourth-order valence-corrected chi connectivity index (χ4v) is 3.76. The molecule has 0 unspecified atom stereocenters. The number of carbonyl (C=O) groups is 1. The van der Waals surface area contributed by atoms with Crippen LogP contribution in [0, 0.1) is 18.8 Å². The highest BCUT2D eigenvalue weighted by Gasteiger charge is 2.29. The van der Waals surface area contributed by atoms with Crippen molar-refractivity contribution in [3.05, 3.63) is 42.0 Å². The van der Waals surface area contributed by atoms with Gasteiger partial charge in [0.25, 0.3) is 10.1 Å². The Hall–Kier alpha value is -1.70. The largest absolute Gasteiger partial charge is 0.481 e. The molecule has 1 saturated heterocycles. The molecule has 2 atom stereocenters. The second-order valence-electron chi connectivity index (χ2n) is 6.60. The monoisotopic (exact) mass is 382 g/mol. The Morgan fingerprint density at radius 1 is 1.23 bits per heavy atom. The number of hydrogen-bond donors (Lipinski definition) is 1. The van der Waals surface area contributed by atoms with E-state index in [9.17, 15) is 13.2 Å². The highest BCUT2D eigenvalue weighted by Crippen LogP contribution is 2.26. The molecule has 0 aliphatic carbocycles. The molecule has 1 heterocycles. The molecule has 1 aromatic rings. The van der Waals surface area contributed by atoms with E-state index in [2.05, 4.69) is 0 Å². The fourth-order valence-electron chi connectivity index (χ4n) is 2.80. The van der Waals surface area contributed by atoms with Gasteiger partial charge in [0.05, 0.1) is 24.7 Å². The fraction of sp³-hybridized carbons (Fsp3) is 0.526. The summed E-state index contributed by atoms with van der Waals surface area (Å²) in [6, 6.07) is 6.58. The van der Waals surface area contributed by atoms with Crippen LogP contribution in [0.15, 0.2) is 41.3 Å². The highest BCUT2D eigenvalue weighted by molar-refractivity contribution is 7.86. The van der Waals surface area contributed by atoms with Crippen molar-refractivity contribution in [3.63, 3.8) is 0 Å². The third-order valence-corrected chi connectivity index (χ3v) is 5.74. The average molecular weight is 382 g/mol. The first-order valence-corrected chi connectivity index (χ1v) is 10.2. The number of benzene rings is 1. The first-order valence-electron chi connectivity index (χ1n) is 8.79. The molecule has 1 aliphatic rings. The zero-order valence-electron chi connectivity index (χ0n) is 15.0. The van der Waals surface area contributed by atoms with Crippen molar-refractivity contribution in [2.24, 2.45) is 11.8 Å². The maximum atomic E-state index is 12.3. The molecule has 144 valence electrons. The number of aryl methyl sites for hydroxylation is 1. The van der Waals surface area contributed by atoms with Crippen molar-refractivity contribution < 1.29 is 27.2 Å². The van der Waals surface area contributed by atoms with Crippen LogP contribution in [-0.2, 0) is 23.8 Å². The van der Waals surface area contributed by atoms with E-state index in [0.717, 1.165) is 18.4 Å². The van der Waals surface area contributed by atoms with Gasteiger partial charge in [-0.15, -0.1) is 0 Å². The number of ether oxygens (including phenoxy) is 1. The summed E-state index contributed by atoms with van der Waals surface area (Å²) < 4.78 is 35.3. The Morgan fingerprint density at radius 3 is 2.62 bits per heavy atom. The Balaban J connectivity index is 1.80. The van der Waals surface area contributed by atoms with Gasteiger partial charge in [-0.25, -0.2) is 0 Å². The van der Waals surface area contributed by atoms with Crippen molar-refractivity contribution in [1.82, 2.24) is 0 Å². The molecule has 1 aliphatic heterocycles. The predicted molar refractivity (Wildman–Crippen MR) is 97.4 cm³/mol. The van der Waals surface area contributed by atoms with Crippen LogP contribution in [0.3, 0.4) is 0 Å². The molecule has 7 heteroatoms. The Kier molecular flexibility index (Phi) is 7.81. The van der Waals surface area contributed by atoms with Crippen LogP contribution < -0.4 is 0 Å². The summed E-state index contributed by atoms with van der Waals surface area (Å²) in [6.07, 6.45) is 6.28. The number of carboxylic acids is 1. The summed E-state index contributed by atoms with van der Waals surface area (Å²) in [5.41, 5.74) is 0.989. The van der Waals surface area contributed by atoms with Crippen LogP contribution in [-0.4, -0.2) is 39.3 Å². The number of unbranched alkanes of at least 4 members (excludes halogenated alkanes) is 1. The van der Waals surface area contributed by atoms with Crippen LogP contribution in [0.2, 0.25) is 0 Å². The first kappa shape index (κ1) is 20.6. The Morgan fingerprint density at radius 2 is 1.92 bits per heavy atom. The SMILES string of the molecule is Cc1ccc(S(=O)(=O)OC[C@@H]2COC[C@@H]2C/C=C\CCCC(=O)O)cc1. The van der Waals surface area contributed by atoms with Crippen molar-refractivity contribution in [2.75, 3.05) is 19.8 Å². The molecule has 0 spiro atoms. The minimum absolute atomic E-state index is 0.0268. The molecule has 1 N–H and O–H groups in total. The lowest BCUT2D eigenvalue weighted by Crippen LogP contribution is -2.20.